The summed E-state index contributed by atoms with van der Waals surface area (Å²) in [6.07, 6.45) is 4.25. The van der Waals surface area contributed by atoms with E-state index < -0.39 is 6.10 Å². The summed E-state index contributed by atoms with van der Waals surface area (Å²) < 4.78 is 10.7. The fourth-order valence-corrected chi connectivity index (χ4v) is 3.73. The van der Waals surface area contributed by atoms with Crippen LogP contribution in [0.2, 0.25) is 0 Å². The van der Waals surface area contributed by atoms with Crippen molar-refractivity contribution in [1.29, 1.82) is 0 Å². The van der Waals surface area contributed by atoms with E-state index >= 15 is 0 Å². The van der Waals surface area contributed by atoms with Crippen LogP contribution in [0.15, 0.2) is 42.6 Å². The Bertz CT molecular complexity index is 699. The number of piperidine rings is 1. The molecular weight excluding hydrogens is 328 g/mol. The van der Waals surface area contributed by atoms with Crippen molar-refractivity contribution < 1.29 is 14.6 Å². The Morgan fingerprint density at radius 3 is 2.62 bits per heavy atom. The Morgan fingerprint density at radius 2 is 1.88 bits per heavy atom. The zero-order chi connectivity index (χ0) is 18.4. The predicted molar refractivity (Wildman–Crippen MR) is 101 cm³/mol. The number of nitrogens with zero attached hydrogens (tertiary/aromatic N) is 2. The minimum atomic E-state index is -0.471. The van der Waals surface area contributed by atoms with E-state index in [9.17, 15) is 5.11 Å². The SMILES string of the molecule is COc1ccccc1C(O)CC1CCN(Cc2cccnc2OC)CC1. The summed E-state index contributed by atoms with van der Waals surface area (Å²) >= 11 is 0. The molecule has 2 heterocycles. The van der Waals surface area contributed by atoms with Crippen LogP contribution in [-0.2, 0) is 6.54 Å². The molecule has 3 rings (SSSR count). The van der Waals surface area contributed by atoms with Gasteiger partial charge < -0.3 is 14.6 Å². The zero-order valence-corrected chi connectivity index (χ0v) is 15.6. The van der Waals surface area contributed by atoms with Crippen molar-refractivity contribution in [2.45, 2.75) is 31.9 Å². The second-order valence-electron chi connectivity index (χ2n) is 6.88. The average Bonchev–Trinajstić information content (AvgIpc) is 2.69. The predicted octanol–water partition coefficient (Wildman–Crippen LogP) is 3.43. The number of aromatic nitrogens is 1. The molecule has 1 fully saturated rings. The van der Waals surface area contributed by atoms with E-state index in [-0.39, 0.29) is 0 Å². The van der Waals surface area contributed by atoms with E-state index in [4.69, 9.17) is 9.47 Å². The molecule has 1 saturated heterocycles. The first kappa shape index (κ1) is 18.7. The van der Waals surface area contributed by atoms with Gasteiger partial charge in [0.2, 0.25) is 5.88 Å². The normalized spacial score (nSPS) is 17.0. The lowest BCUT2D eigenvalue weighted by Gasteiger charge is -2.33. The van der Waals surface area contributed by atoms with Crippen LogP contribution in [0.25, 0.3) is 0 Å². The number of rotatable bonds is 7. The monoisotopic (exact) mass is 356 g/mol. The minimum Gasteiger partial charge on any atom is -0.496 e. The standard InChI is InChI=1S/C21H28N2O3/c1-25-20-8-4-3-7-18(20)19(24)14-16-9-12-23(13-10-16)15-17-6-5-11-22-21(17)26-2/h3-8,11,16,19,24H,9-10,12-15H2,1-2H3. The lowest BCUT2D eigenvalue weighted by Crippen LogP contribution is -2.33. The van der Waals surface area contributed by atoms with Gasteiger partial charge in [-0.2, -0.15) is 0 Å². The van der Waals surface area contributed by atoms with Crippen molar-refractivity contribution in [3.8, 4) is 11.6 Å². The highest BCUT2D eigenvalue weighted by Crippen LogP contribution is 2.33. The molecule has 1 aliphatic rings. The van der Waals surface area contributed by atoms with E-state index in [1.165, 1.54) is 0 Å². The summed E-state index contributed by atoms with van der Waals surface area (Å²) in [4.78, 5) is 6.71. The van der Waals surface area contributed by atoms with Gasteiger partial charge in [-0.3, -0.25) is 4.90 Å². The summed E-state index contributed by atoms with van der Waals surface area (Å²) in [6, 6.07) is 11.8. The number of aliphatic hydroxyl groups excluding tert-OH is 1. The van der Waals surface area contributed by atoms with Crippen molar-refractivity contribution in [3.05, 3.63) is 53.7 Å². The van der Waals surface area contributed by atoms with Crippen molar-refractivity contribution in [2.24, 2.45) is 5.92 Å². The molecule has 0 saturated carbocycles. The van der Waals surface area contributed by atoms with Crippen molar-refractivity contribution in [1.82, 2.24) is 9.88 Å². The van der Waals surface area contributed by atoms with Crippen LogP contribution in [0, 0.1) is 5.92 Å². The first-order valence-corrected chi connectivity index (χ1v) is 9.22. The number of para-hydroxylation sites is 1. The van der Waals surface area contributed by atoms with Gasteiger partial charge in [0.1, 0.15) is 5.75 Å². The van der Waals surface area contributed by atoms with Gasteiger partial charge in [-0.25, -0.2) is 4.98 Å². The van der Waals surface area contributed by atoms with E-state index in [1.54, 1.807) is 20.4 Å². The first-order chi connectivity index (χ1) is 12.7. The highest BCUT2D eigenvalue weighted by Gasteiger charge is 2.24. The summed E-state index contributed by atoms with van der Waals surface area (Å²) in [7, 11) is 3.31. The minimum absolute atomic E-state index is 0.471. The van der Waals surface area contributed by atoms with Crippen molar-refractivity contribution in [2.75, 3.05) is 27.3 Å². The molecule has 26 heavy (non-hydrogen) atoms. The lowest BCUT2D eigenvalue weighted by molar-refractivity contribution is 0.103. The average molecular weight is 356 g/mol. The van der Waals surface area contributed by atoms with Crippen LogP contribution < -0.4 is 9.47 Å². The topological polar surface area (TPSA) is 54.8 Å². The third-order valence-corrected chi connectivity index (χ3v) is 5.20. The van der Waals surface area contributed by atoms with E-state index in [0.717, 1.165) is 55.8 Å². The summed E-state index contributed by atoms with van der Waals surface area (Å²) in [5.74, 6) is 2.00. The Morgan fingerprint density at radius 1 is 1.12 bits per heavy atom. The zero-order valence-electron chi connectivity index (χ0n) is 15.6. The van der Waals surface area contributed by atoms with E-state index in [0.29, 0.717) is 11.8 Å². The maximum absolute atomic E-state index is 10.6. The summed E-state index contributed by atoms with van der Waals surface area (Å²) in [6.45, 7) is 2.92. The second kappa shape index (κ2) is 9.01. The molecule has 1 unspecified atom stereocenters. The molecule has 1 N–H and O–H groups in total. The molecular formula is C21H28N2O3. The first-order valence-electron chi connectivity index (χ1n) is 9.22. The van der Waals surface area contributed by atoms with Gasteiger partial charge in [0.25, 0.3) is 0 Å². The Kier molecular flexibility index (Phi) is 6.47. The van der Waals surface area contributed by atoms with Crippen molar-refractivity contribution in [3.63, 3.8) is 0 Å². The molecule has 1 aromatic heterocycles. The Labute approximate surface area is 155 Å². The molecule has 1 aromatic carbocycles. The van der Waals surface area contributed by atoms with Crippen LogP contribution in [0.3, 0.4) is 0 Å². The quantitative estimate of drug-likeness (QED) is 0.824. The molecule has 2 aromatic rings. The van der Waals surface area contributed by atoms with Gasteiger partial charge >= 0.3 is 0 Å². The summed E-state index contributed by atoms with van der Waals surface area (Å²) in [5, 5.41) is 10.6. The third-order valence-electron chi connectivity index (χ3n) is 5.20. The maximum atomic E-state index is 10.6. The molecule has 0 aliphatic carbocycles. The van der Waals surface area contributed by atoms with Gasteiger partial charge in [0.05, 0.1) is 20.3 Å². The van der Waals surface area contributed by atoms with E-state index in [1.807, 2.05) is 30.3 Å². The number of methoxy groups -OCH3 is 2. The largest absolute Gasteiger partial charge is 0.496 e. The molecule has 5 nitrogen and oxygen atoms in total. The fraction of sp³-hybridized carbons (Fsp3) is 0.476. The molecule has 0 bridgehead atoms. The molecule has 0 amide bonds. The fourth-order valence-electron chi connectivity index (χ4n) is 3.73. The van der Waals surface area contributed by atoms with Crippen LogP contribution >= 0.6 is 0 Å². The van der Waals surface area contributed by atoms with Gasteiger partial charge in [0.15, 0.2) is 0 Å². The number of benzene rings is 1. The van der Waals surface area contributed by atoms with E-state index in [2.05, 4.69) is 16.0 Å². The number of ether oxygens (including phenoxy) is 2. The molecule has 1 aliphatic heterocycles. The highest BCUT2D eigenvalue weighted by atomic mass is 16.5. The number of pyridine rings is 1. The molecule has 1 atom stereocenters. The number of hydrogen-bond donors (Lipinski definition) is 1. The van der Waals surface area contributed by atoms with Gasteiger partial charge in [-0.05, 0) is 50.4 Å². The van der Waals surface area contributed by atoms with Gasteiger partial charge in [-0.1, -0.05) is 24.3 Å². The number of aliphatic hydroxyl groups is 1. The van der Waals surface area contributed by atoms with Gasteiger partial charge in [-0.15, -0.1) is 0 Å². The van der Waals surface area contributed by atoms with Gasteiger partial charge in [0, 0.05) is 23.9 Å². The van der Waals surface area contributed by atoms with Crippen molar-refractivity contribution >= 4 is 0 Å². The lowest BCUT2D eigenvalue weighted by atomic mass is 9.88. The molecule has 140 valence electrons. The highest BCUT2D eigenvalue weighted by molar-refractivity contribution is 5.35. The molecule has 0 radical (unpaired) electrons. The van der Waals surface area contributed by atoms with Crippen LogP contribution in [0.1, 0.15) is 36.5 Å². The van der Waals surface area contributed by atoms with Crippen LogP contribution in [0.4, 0.5) is 0 Å². The smallest absolute Gasteiger partial charge is 0.217 e. The Balaban J connectivity index is 1.52. The molecule has 5 heteroatoms. The van der Waals surface area contributed by atoms with Crippen LogP contribution in [0.5, 0.6) is 11.6 Å². The maximum Gasteiger partial charge on any atom is 0.217 e. The second-order valence-corrected chi connectivity index (χ2v) is 6.88. The van der Waals surface area contributed by atoms with Crippen LogP contribution in [-0.4, -0.2) is 42.3 Å². The third kappa shape index (κ3) is 4.54. The Hall–Kier alpha value is -2.11. The molecule has 0 spiro atoms. The summed E-state index contributed by atoms with van der Waals surface area (Å²) in [5.41, 5.74) is 2.01. The number of hydrogen-bond acceptors (Lipinski definition) is 5. The number of likely N-dealkylation sites (tertiary alicyclic amines) is 1.